The average Bonchev–Trinajstić information content (AvgIpc) is 3.26. The van der Waals surface area contributed by atoms with Crippen LogP contribution < -0.4 is 5.32 Å². The summed E-state index contributed by atoms with van der Waals surface area (Å²) < 4.78 is 27.2. The molecule has 8 heteroatoms. The standard InChI is InChI=1S/C16H25N3O3S2/c1-17-11-13-5-4-7-18(12-13)16(20)15-14(6-10-23-15)24(21,22)19-8-2-3-9-19/h6,10,13,17H,2-5,7-9,11-12H2,1H3. The highest BCUT2D eigenvalue weighted by Crippen LogP contribution is 2.29. The minimum Gasteiger partial charge on any atom is -0.338 e. The zero-order valence-electron chi connectivity index (χ0n) is 14.0. The normalized spacial score (nSPS) is 22.9. The minimum atomic E-state index is -3.55. The van der Waals surface area contributed by atoms with Gasteiger partial charge in [0.2, 0.25) is 10.0 Å². The van der Waals surface area contributed by atoms with Gasteiger partial charge in [-0.25, -0.2) is 8.42 Å². The van der Waals surface area contributed by atoms with Crippen molar-refractivity contribution >= 4 is 27.3 Å². The third-order valence-corrected chi connectivity index (χ3v) is 7.78. The van der Waals surface area contributed by atoms with Crippen LogP contribution in [0.5, 0.6) is 0 Å². The molecule has 1 aromatic heterocycles. The Morgan fingerprint density at radius 1 is 1.29 bits per heavy atom. The molecule has 2 saturated heterocycles. The quantitative estimate of drug-likeness (QED) is 0.854. The van der Waals surface area contributed by atoms with E-state index < -0.39 is 10.0 Å². The van der Waals surface area contributed by atoms with Gasteiger partial charge >= 0.3 is 0 Å². The van der Waals surface area contributed by atoms with E-state index in [2.05, 4.69) is 5.32 Å². The molecule has 3 rings (SSSR count). The zero-order chi connectivity index (χ0) is 17.2. The number of nitrogens with zero attached hydrogens (tertiary/aromatic N) is 2. The Morgan fingerprint density at radius 3 is 2.75 bits per heavy atom. The molecule has 3 heterocycles. The fraction of sp³-hybridized carbons (Fsp3) is 0.688. The number of rotatable bonds is 5. The van der Waals surface area contributed by atoms with Gasteiger partial charge in [-0.1, -0.05) is 0 Å². The summed E-state index contributed by atoms with van der Waals surface area (Å²) >= 11 is 1.24. The molecule has 0 aromatic carbocycles. The van der Waals surface area contributed by atoms with Crippen LogP contribution in [0.15, 0.2) is 16.3 Å². The van der Waals surface area contributed by atoms with E-state index in [0.717, 1.165) is 32.2 Å². The first kappa shape index (κ1) is 17.8. The molecule has 2 aliphatic rings. The van der Waals surface area contributed by atoms with Crippen molar-refractivity contribution in [3.63, 3.8) is 0 Å². The molecule has 2 fully saturated rings. The Balaban J connectivity index is 1.80. The van der Waals surface area contributed by atoms with E-state index in [1.54, 1.807) is 11.4 Å². The topological polar surface area (TPSA) is 69.7 Å². The van der Waals surface area contributed by atoms with Gasteiger partial charge in [-0.2, -0.15) is 4.31 Å². The number of hydrogen-bond acceptors (Lipinski definition) is 5. The summed E-state index contributed by atoms with van der Waals surface area (Å²) in [6.07, 6.45) is 3.86. The zero-order valence-corrected chi connectivity index (χ0v) is 15.7. The molecule has 1 N–H and O–H groups in total. The third-order valence-electron chi connectivity index (χ3n) is 4.81. The monoisotopic (exact) mass is 371 g/mol. The fourth-order valence-corrected chi connectivity index (χ4v) is 6.45. The van der Waals surface area contributed by atoms with E-state index in [1.165, 1.54) is 15.6 Å². The Labute approximate surface area is 147 Å². The first-order valence-corrected chi connectivity index (χ1v) is 10.9. The third kappa shape index (κ3) is 3.51. The van der Waals surface area contributed by atoms with E-state index in [4.69, 9.17) is 0 Å². The number of carbonyl (C=O) groups excluding carboxylic acids is 1. The maximum atomic E-state index is 12.9. The van der Waals surface area contributed by atoms with Crippen molar-refractivity contribution in [3.8, 4) is 0 Å². The average molecular weight is 372 g/mol. The summed E-state index contributed by atoms with van der Waals surface area (Å²) in [6.45, 7) is 3.40. The van der Waals surface area contributed by atoms with Gasteiger partial charge < -0.3 is 10.2 Å². The molecule has 6 nitrogen and oxygen atoms in total. The molecule has 2 aliphatic heterocycles. The van der Waals surface area contributed by atoms with Crippen molar-refractivity contribution in [1.82, 2.24) is 14.5 Å². The van der Waals surface area contributed by atoms with Crippen LogP contribution in [0, 0.1) is 5.92 Å². The number of piperidine rings is 1. The van der Waals surface area contributed by atoms with Crippen LogP contribution in [0.1, 0.15) is 35.4 Å². The van der Waals surface area contributed by atoms with Crippen LogP contribution in [-0.4, -0.2) is 63.3 Å². The molecule has 1 aromatic rings. The van der Waals surface area contributed by atoms with Crippen LogP contribution in [-0.2, 0) is 10.0 Å². The molecule has 24 heavy (non-hydrogen) atoms. The van der Waals surface area contributed by atoms with Gasteiger partial charge in [-0.3, -0.25) is 4.79 Å². The number of hydrogen-bond donors (Lipinski definition) is 1. The summed E-state index contributed by atoms with van der Waals surface area (Å²) in [5.41, 5.74) is 0. The molecule has 0 saturated carbocycles. The first-order chi connectivity index (χ1) is 11.5. The van der Waals surface area contributed by atoms with Gasteiger partial charge in [0, 0.05) is 26.2 Å². The highest BCUT2D eigenvalue weighted by atomic mass is 32.2. The molecular formula is C16H25N3O3S2. The molecule has 0 spiro atoms. The van der Waals surface area contributed by atoms with Gasteiger partial charge in [0.1, 0.15) is 9.77 Å². The van der Waals surface area contributed by atoms with Crippen LogP contribution >= 0.6 is 11.3 Å². The first-order valence-electron chi connectivity index (χ1n) is 8.55. The predicted molar refractivity (Wildman–Crippen MR) is 94.9 cm³/mol. The molecule has 1 unspecified atom stereocenters. The summed E-state index contributed by atoms with van der Waals surface area (Å²) in [7, 11) is -1.63. The van der Waals surface area contributed by atoms with Crippen molar-refractivity contribution < 1.29 is 13.2 Å². The molecule has 0 bridgehead atoms. The van der Waals surface area contributed by atoms with Gasteiger partial charge in [-0.15, -0.1) is 11.3 Å². The van der Waals surface area contributed by atoms with Gasteiger partial charge in [0.05, 0.1) is 0 Å². The van der Waals surface area contributed by atoms with E-state index in [9.17, 15) is 13.2 Å². The second-order valence-electron chi connectivity index (χ2n) is 6.54. The number of nitrogens with one attached hydrogen (secondary N) is 1. The van der Waals surface area contributed by atoms with Gasteiger partial charge in [0.15, 0.2) is 0 Å². The highest BCUT2D eigenvalue weighted by molar-refractivity contribution is 7.89. The van der Waals surface area contributed by atoms with Crippen LogP contribution in [0.3, 0.4) is 0 Å². The van der Waals surface area contributed by atoms with Gasteiger partial charge in [-0.05, 0) is 56.6 Å². The van der Waals surface area contributed by atoms with Crippen molar-refractivity contribution in [2.24, 2.45) is 5.92 Å². The van der Waals surface area contributed by atoms with Crippen molar-refractivity contribution in [2.75, 3.05) is 39.8 Å². The van der Waals surface area contributed by atoms with E-state index in [0.29, 0.717) is 37.0 Å². The molecular weight excluding hydrogens is 346 g/mol. The highest BCUT2D eigenvalue weighted by Gasteiger charge is 2.34. The van der Waals surface area contributed by atoms with E-state index >= 15 is 0 Å². The van der Waals surface area contributed by atoms with Crippen molar-refractivity contribution in [2.45, 2.75) is 30.6 Å². The smallest absolute Gasteiger partial charge is 0.265 e. The van der Waals surface area contributed by atoms with E-state index in [1.807, 2.05) is 11.9 Å². The van der Waals surface area contributed by atoms with Crippen LogP contribution in [0.25, 0.3) is 0 Å². The lowest BCUT2D eigenvalue weighted by atomic mass is 9.98. The lowest BCUT2D eigenvalue weighted by Gasteiger charge is -2.32. The molecule has 1 amide bonds. The molecule has 1 atom stereocenters. The largest absolute Gasteiger partial charge is 0.338 e. The second-order valence-corrected chi connectivity index (χ2v) is 9.36. The number of carbonyl (C=O) groups is 1. The van der Waals surface area contributed by atoms with Gasteiger partial charge in [0.25, 0.3) is 5.91 Å². The Bertz CT molecular complexity index is 678. The maximum absolute atomic E-state index is 12.9. The Morgan fingerprint density at radius 2 is 2.04 bits per heavy atom. The number of likely N-dealkylation sites (tertiary alicyclic amines) is 1. The van der Waals surface area contributed by atoms with Crippen LogP contribution in [0.2, 0.25) is 0 Å². The van der Waals surface area contributed by atoms with Crippen molar-refractivity contribution in [3.05, 3.63) is 16.3 Å². The number of amides is 1. The molecule has 134 valence electrons. The van der Waals surface area contributed by atoms with Crippen molar-refractivity contribution in [1.29, 1.82) is 0 Å². The maximum Gasteiger partial charge on any atom is 0.265 e. The summed E-state index contributed by atoms with van der Waals surface area (Å²) in [5, 5.41) is 4.88. The van der Waals surface area contributed by atoms with E-state index in [-0.39, 0.29) is 10.8 Å². The summed E-state index contributed by atoms with van der Waals surface area (Å²) in [6, 6.07) is 1.58. The Hall–Kier alpha value is -0.960. The Kier molecular flexibility index (Phi) is 5.59. The minimum absolute atomic E-state index is 0.136. The lowest BCUT2D eigenvalue weighted by Crippen LogP contribution is -2.42. The number of thiophene rings is 1. The number of sulfonamides is 1. The molecule has 0 radical (unpaired) electrons. The summed E-state index contributed by atoms with van der Waals surface area (Å²) in [5.74, 6) is 0.301. The SMILES string of the molecule is CNCC1CCCN(C(=O)c2sccc2S(=O)(=O)N2CCCC2)C1. The fourth-order valence-electron chi connectivity index (χ4n) is 3.57. The predicted octanol–water partition coefficient (Wildman–Crippen LogP) is 1.60. The summed E-state index contributed by atoms with van der Waals surface area (Å²) in [4.78, 5) is 15.3. The lowest BCUT2D eigenvalue weighted by molar-refractivity contribution is 0.0675. The molecule has 0 aliphatic carbocycles. The second kappa shape index (κ2) is 7.51. The van der Waals surface area contributed by atoms with Crippen LogP contribution in [0.4, 0.5) is 0 Å².